The molecule has 150 valence electrons. The Bertz CT molecular complexity index is 1340. The van der Waals surface area contributed by atoms with Crippen molar-refractivity contribution in [2.75, 3.05) is 17.2 Å². The molecule has 2 aromatic carbocycles. The van der Waals surface area contributed by atoms with Crippen LogP contribution in [0.1, 0.15) is 16.7 Å². The van der Waals surface area contributed by atoms with Gasteiger partial charge in [-0.3, -0.25) is 4.79 Å². The lowest BCUT2D eigenvalue weighted by atomic mass is 10.1. The van der Waals surface area contributed by atoms with Gasteiger partial charge in [0.25, 0.3) is 5.56 Å². The van der Waals surface area contributed by atoms with Gasteiger partial charge in [-0.2, -0.15) is 4.98 Å². The van der Waals surface area contributed by atoms with E-state index in [2.05, 4.69) is 31.7 Å². The molecule has 8 heteroatoms. The summed E-state index contributed by atoms with van der Waals surface area (Å²) in [5, 5.41) is 7.26. The number of hydrogen-bond acceptors (Lipinski definition) is 5. The van der Waals surface area contributed by atoms with Crippen LogP contribution in [-0.2, 0) is 12.8 Å². The molecule has 1 aliphatic heterocycles. The SMILES string of the molecule is O=c1[nH]c2nc(Nc3ccc4c(c3)CCN4)ncc2cc1Cc1ccc(F)c(Cl)c1. The summed E-state index contributed by atoms with van der Waals surface area (Å²) in [6.07, 6.45) is 2.98. The van der Waals surface area contributed by atoms with Crippen molar-refractivity contribution in [1.82, 2.24) is 15.0 Å². The highest BCUT2D eigenvalue weighted by molar-refractivity contribution is 6.30. The van der Waals surface area contributed by atoms with Crippen LogP contribution in [0.25, 0.3) is 11.0 Å². The fraction of sp³-hybridized carbons (Fsp3) is 0.136. The summed E-state index contributed by atoms with van der Waals surface area (Å²) in [4.78, 5) is 24.1. The van der Waals surface area contributed by atoms with Gasteiger partial charge in [-0.1, -0.05) is 17.7 Å². The first-order valence-electron chi connectivity index (χ1n) is 9.52. The number of nitrogens with one attached hydrogen (secondary N) is 3. The van der Waals surface area contributed by atoms with Crippen molar-refractivity contribution >= 4 is 40.0 Å². The van der Waals surface area contributed by atoms with Crippen LogP contribution in [0, 0.1) is 5.82 Å². The number of hydrogen-bond donors (Lipinski definition) is 3. The second kappa shape index (κ2) is 7.42. The molecule has 5 rings (SSSR count). The molecule has 0 saturated heterocycles. The molecule has 0 bridgehead atoms. The van der Waals surface area contributed by atoms with Gasteiger partial charge in [0.15, 0.2) is 0 Å². The molecule has 0 unspecified atom stereocenters. The topological polar surface area (TPSA) is 82.7 Å². The molecule has 0 radical (unpaired) electrons. The number of fused-ring (bicyclic) bond motifs is 2. The highest BCUT2D eigenvalue weighted by Crippen LogP contribution is 2.26. The van der Waals surface area contributed by atoms with E-state index in [0.29, 0.717) is 29.0 Å². The largest absolute Gasteiger partial charge is 0.384 e. The quantitative estimate of drug-likeness (QED) is 0.454. The molecule has 2 aromatic heterocycles. The molecule has 0 fully saturated rings. The van der Waals surface area contributed by atoms with Gasteiger partial charge in [-0.15, -0.1) is 0 Å². The molecule has 0 saturated carbocycles. The molecular formula is C22H17ClFN5O. The van der Waals surface area contributed by atoms with Gasteiger partial charge in [0, 0.05) is 41.5 Å². The number of aromatic nitrogens is 3. The normalized spacial score (nSPS) is 12.6. The number of aromatic amines is 1. The van der Waals surface area contributed by atoms with Crippen LogP contribution in [0.5, 0.6) is 0 Å². The molecular weight excluding hydrogens is 405 g/mol. The monoisotopic (exact) mass is 421 g/mol. The van der Waals surface area contributed by atoms with Crippen LogP contribution in [0.4, 0.5) is 21.7 Å². The Morgan fingerprint density at radius 2 is 2.07 bits per heavy atom. The second-order valence-electron chi connectivity index (χ2n) is 7.22. The van der Waals surface area contributed by atoms with Gasteiger partial charge in [0.1, 0.15) is 11.5 Å². The van der Waals surface area contributed by atoms with Crippen molar-refractivity contribution in [3.63, 3.8) is 0 Å². The van der Waals surface area contributed by atoms with Gasteiger partial charge >= 0.3 is 0 Å². The van der Waals surface area contributed by atoms with E-state index in [-0.39, 0.29) is 10.6 Å². The molecule has 0 aliphatic carbocycles. The molecule has 3 heterocycles. The van der Waals surface area contributed by atoms with Crippen molar-refractivity contribution in [2.45, 2.75) is 12.8 Å². The number of rotatable bonds is 4. The van der Waals surface area contributed by atoms with Crippen molar-refractivity contribution in [3.8, 4) is 0 Å². The third kappa shape index (κ3) is 3.59. The van der Waals surface area contributed by atoms with E-state index in [1.165, 1.54) is 17.7 Å². The van der Waals surface area contributed by atoms with E-state index >= 15 is 0 Å². The number of anilines is 3. The minimum Gasteiger partial charge on any atom is -0.384 e. The molecule has 1 aliphatic rings. The van der Waals surface area contributed by atoms with E-state index in [1.807, 2.05) is 12.1 Å². The molecule has 4 aromatic rings. The number of H-pyrrole nitrogens is 1. The van der Waals surface area contributed by atoms with Gasteiger partial charge < -0.3 is 15.6 Å². The van der Waals surface area contributed by atoms with E-state index in [1.54, 1.807) is 18.3 Å². The Hall–Kier alpha value is -3.45. The Labute approximate surface area is 176 Å². The maximum absolute atomic E-state index is 13.4. The van der Waals surface area contributed by atoms with E-state index < -0.39 is 5.82 Å². The predicted molar refractivity (Wildman–Crippen MR) is 116 cm³/mol. The van der Waals surface area contributed by atoms with Gasteiger partial charge in [0.2, 0.25) is 5.95 Å². The molecule has 30 heavy (non-hydrogen) atoms. The average molecular weight is 422 g/mol. The second-order valence-corrected chi connectivity index (χ2v) is 7.63. The van der Waals surface area contributed by atoms with Crippen LogP contribution in [-0.4, -0.2) is 21.5 Å². The first-order valence-corrected chi connectivity index (χ1v) is 9.90. The highest BCUT2D eigenvalue weighted by atomic mass is 35.5. The van der Waals surface area contributed by atoms with Gasteiger partial charge in [-0.25, -0.2) is 9.37 Å². The van der Waals surface area contributed by atoms with E-state index in [4.69, 9.17) is 11.6 Å². The lowest BCUT2D eigenvalue weighted by Crippen LogP contribution is -2.14. The standard InChI is InChI=1S/C22H17ClFN5O/c23-17-8-12(1-3-18(17)24)7-14-9-15-11-26-22(29-20(15)28-21(14)30)27-16-2-4-19-13(10-16)5-6-25-19/h1-4,8-11,25H,5-7H2,(H2,26,27,28,29,30). The summed E-state index contributed by atoms with van der Waals surface area (Å²) in [6, 6.07) is 12.2. The number of pyridine rings is 1. The van der Waals surface area contributed by atoms with Crippen molar-refractivity contribution in [3.05, 3.63) is 86.5 Å². The van der Waals surface area contributed by atoms with Crippen molar-refractivity contribution in [1.29, 1.82) is 0 Å². The van der Waals surface area contributed by atoms with Crippen molar-refractivity contribution in [2.24, 2.45) is 0 Å². The van der Waals surface area contributed by atoms with E-state index in [9.17, 15) is 9.18 Å². The summed E-state index contributed by atoms with van der Waals surface area (Å²) in [5.74, 6) is -0.0805. The Kier molecular flexibility index (Phi) is 4.59. The Morgan fingerprint density at radius 3 is 2.93 bits per heavy atom. The third-order valence-corrected chi connectivity index (χ3v) is 5.41. The zero-order chi connectivity index (χ0) is 20.7. The molecule has 0 amide bonds. The Balaban J connectivity index is 1.42. The lowest BCUT2D eigenvalue weighted by Gasteiger charge is -2.08. The predicted octanol–water partition coefficient (Wildman–Crippen LogP) is 4.41. The molecule has 3 N–H and O–H groups in total. The highest BCUT2D eigenvalue weighted by Gasteiger charge is 2.12. The minimum absolute atomic E-state index is 0.0334. The lowest BCUT2D eigenvalue weighted by molar-refractivity contribution is 0.627. The van der Waals surface area contributed by atoms with E-state index in [0.717, 1.165) is 29.9 Å². The van der Waals surface area contributed by atoms with Gasteiger partial charge in [0.05, 0.1) is 5.02 Å². The number of halogens is 2. The van der Waals surface area contributed by atoms with Crippen LogP contribution in [0.3, 0.4) is 0 Å². The van der Waals surface area contributed by atoms with Crippen LogP contribution < -0.4 is 16.2 Å². The summed E-state index contributed by atoms with van der Waals surface area (Å²) in [5.41, 5.74) is 4.76. The average Bonchev–Trinajstić information content (AvgIpc) is 3.19. The maximum Gasteiger partial charge on any atom is 0.253 e. The van der Waals surface area contributed by atoms with Crippen LogP contribution in [0.2, 0.25) is 5.02 Å². The zero-order valence-electron chi connectivity index (χ0n) is 15.8. The summed E-state index contributed by atoms with van der Waals surface area (Å²) >= 11 is 5.84. The Morgan fingerprint density at radius 1 is 1.17 bits per heavy atom. The first-order chi connectivity index (χ1) is 14.5. The summed E-state index contributed by atoms with van der Waals surface area (Å²) in [7, 11) is 0. The van der Waals surface area contributed by atoms with Gasteiger partial charge in [-0.05, 0) is 53.9 Å². The molecule has 6 nitrogen and oxygen atoms in total. The number of benzene rings is 2. The minimum atomic E-state index is -0.485. The molecule has 0 spiro atoms. The maximum atomic E-state index is 13.4. The zero-order valence-corrected chi connectivity index (χ0v) is 16.6. The van der Waals surface area contributed by atoms with Crippen LogP contribution >= 0.6 is 11.6 Å². The fourth-order valence-corrected chi connectivity index (χ4v) is 3.81. The molecule has 0 atom stereocenters. The fourth-order valence-electron chi connectivity index (χ4n) is 3.61. The first kappa shape index (κ1) is 18.6. The van der Waals surface area contributed by atoms with Crippen LogP contribution in [0.15, 0.2) is 53.5 Å². The smallest absolute Gasteiger partial charge is 0.253 e. The summed E-state index contributed by atoms with van der Waals surface area (Å²) < 4.78 is 13.4. The summed E-state index contributed by atoms with van der Waals surface area (Å²) in [6.45, 7) is 0.943. The van der Waals surface area contributed by atoms with Crippen molar-refractivity contribution < 1.29 is 4.39 Å². The number of nitrogens with zero attached hydrogens (tertiary/aromatic N) is 2. The third-order valence-electron chi connectivity index (χ3n) is 5.12.